The number of nitrogens with two attached hydrogens (primary N) is 1. The van der Waals surface area contributed by atoms with E-state index in [0.29, 0.717) is 18.2 Å². The molecule has 0 saturated carbocycles. The molecule has 1 rings (SSSR count). The third-order valence-electron chi connectivity index (χ3n) is 3.60. The molecule has 0 aliphatic heterocycles. The number of unbranched alkanes of at least 4 members (excludes halogenated alkanes) is 1. The highest BCUT2D eigenvalue weighted by Crippen LogP contribution is 2.26. The van der Waals surface area contributed by atoms with Gasteiger partial charge in [0.1, 0.15) is 5.69 Å². The molecule has 1 atom stereocenters. The Bertz CT molecular complexity index is 503. The molecule has 1 aromatic rings. The lowest BCUT2D eigenvalue weighted by Crippen LogP contribution is -2.15. The molecule has 6 nitrogen and oxygen atoms in total. The van der Waals surface area contributed by atoms with Crippen LogP contribution in [-0.2, 0) is 0 Å². The molecule has 1 amide bonds. The number of primary amides is 1. The summed E-state index contributed by atoms with van der Waals surface area (Å²) >= 11 is 0. The Hall–Kier alpha value is -2.11. The van der Waals surface area contributed by atoms with Gasteiger partial charge < -0.3 is 11.1 Å². The molecule has 6 heteroatoms. The number of rotatable bonds is 9. The lowest BCUT2D eigenvalue weighted by atomic mass is 9.99. The van der Waals surface area contributed by atoms with Crippen molar-refractivity contribution in [1.29, 1.82) is 0 Å². The quantitative estimate of drug-likeness (QED) is 0.539. The Balaban J connectivity index is 2.82. The molecule has 1 aromatic carbocycles. The molecule has 0 aliphatic carbocycles. The highest BCUT2D eigenvalue weighted by atomic mass is 16.6. The Labute approximate surface area is 124 Å². The van der Waals surface area contributed by atoms with E-state index >= 15 is 0 Å². The summed E-state index contributed by atoms with van der Waals surface area (Å²) in [5, 5.41) is 14.2. The van der Waals surface area contributed by atoms with Crippen LogP contribution < -0.4 is 11.1 Å². The van der Waals surface area contributed by atoms with Crippen LogP contribution in [0.4, 0.5) is 11.4 Å². The largest absolute Gasteiger partial charge is 0.379 e. The van der Waals surface area contributed by atoms with Crippen LogP contribution in [0.2, 0.25) is 0 Å². The van der Waals surface area contributed by atoms with Crippen molar-refractivity contribution in [2.75, 3.05) is 11.9 Å². The summed E-state index contributed by atoms with van der Waals surface area (Å²) in [5.74, 6) is -0.181. The second-order valence-electron chi connectivity index (χ2n) is 5.15. The smallest absolute Gasteiger partial charge is 0.293 e. The van der Waals surface area contributed by atoms with Crippen LogP contribution >= 0.6 is 0 Å². The predicted molar refractivity (Wildman–Crippen MR) is 83.4 cm³/mol. The van der Waals surface area contributed by atoms with Gasteiger partial charge in [0.05, 0.1) is 4.92 Å². The van der Waals surface area contributed by atoms with Crippen molar-refractivity contribution in [3.05, 3.63) is 33.9 Å². The lowest BCUT2D eigenvalue weighted by Gasteiger charge is -2.16. The van der Waals surface area contributed by atoms with Crippen LogP contribution in [0.3, 0.4) is 0 Å². The molecule has 0 unspecified atom stereocenters. The van der Waals surface area contributed by atoms with Gasteiger partial charge in [0, 0.05) is 18.2 Å². The first-order valence-corrected chi connectivity index (χ1v) is 7.31. The first kappa shape index (κ1) is 16.9. The van der Waals surface area contributed by atoms with E-state index in [9.17, 15) is 14.9 Å². The van der Waals surface area contributed by atoms with Crippen molar-refractivity contribution >= 4 is 17.3 Å². The van der Waals surface area contributed by atoms with Gasteiger partial charge in [-0.2, -0.15) is 0 Å². The summed E-state index contributed by atoms with van der Waals surface area (Å²) in [6.45, 7) is 4.95. The van der Waals surface area contributed by atoms with Gasteiger partial charge in [0.2, 0.25) is 5.91 Å². The van der Waals surface area contributed by atoms with Crippen molar-refractivity contribution < 1.29 is 9.72 Å². The summed E-state index contributed by atoms with van der Waals surface area (Å²) in [7, 11) is 0. The van der Waals surface area contributed by atoms with Gasteiger partial charge in [-0.1, -0.05) is 33.1 Å². The number of carbonyl (C=O) groups is 1. The predicted octanol–water partition coefficient (Wildman–Crippen LogP) is 3.32. The van der Waals surface area contributed by atoms with E-state index < -0.39 is 10.8 Å². The monoisotopic (exact) mass is 293 g/mol. The van der Waals surface area contributed by atoms with E-state index in [1.807, 2.05) is 0 Å². The second-order valence-corrected chi connectivity index (χ2v) is 5.15. The lowest BCUT2D eigenvalue weighted by molar-refractivity contribution is -0.384. The molecule has 0 aromatic heterocycles. The summed E-state index contributed by atoms with van der Waals surface area (Å²) in [4.78, 5) is 21.7. The summed E-state index contributed by atoms with van der Waals surface area (Å²) in [5.41, 5.74) is 5.61. The average Bonchev–Trinajstić information content (AvgIpc) is 2.47. The fourth-order valence-electron chi connectivity index (χ4n) is 2.18. The summed E-state index contributed by atoms with van der Waals surface area (Å²) in [6, 6.07) is 4.27. The Kier molecular flexibility index (Phi) is 6.65. The first-order chi connectivity index (χ1) is 9.99. The highest BCUT2D eigenvalue weighted by molar-refractivity contribution is 5.94. The zero-order chi connectivity index (χ0) is 15.8. The fourth-order valence-corrected chi connectivity index (χ4v) is 2.18. The zero-order valence-corrected chi connectivity index (χ0v) is 12.6. The Morgan fingerprint density at radius 3 is 2.67 bits per heavy atom. The number of nitrogens with one attached hydrogen (secondary N) is 1. The SMILES string of the molecule is CCCC[C@@H](CC)CNc1ccc(C(N)=O)cc1[N+](=O)[O-]. The maximum absolute atomic E-state index is 11.1. The molecule has 0 bridgehead atoms. The standard InChI is InChI=1S/C15H23N3O3/c1-3-5-6-11(4-2)10-17-13-8-7-12(15(16)19)9-14(13)18(20)21/h7-9,11,17H,3-6,10H2,1-2H3,(H2,16,19)/t11-/m1/s1. The van der Waals surface area contributed by atoms with Crippen LogP contribution in [0, 0.1) is 16.0 Å². The van der Waals surface area contributed by atoms with E-state index in [1.54, 1.807) is 6.07 Å². The molecule has 0 aliphatic rings. The van der Waals surface area contributed by atoms with E-state index in [-0.39, 0.29) is 11.3 Å². The molecule has 3 N–H and O–H groups in total. The van der Waals surface area contributed by atoms with Crippen LogP contribution in [0.5, 0.6) is 0 Å². The van der Waals surface area contributed by atoms with Gasteiger partial charge in [-0.05, 0) is 24.5 Å². The number of nitrogens with zero attached hydrogens (tertiary/aromatic N) is 1. The van der Waals surface area contributed by atoms with Crippen molar-refractivity contribution in [2.45, 2.75) is 39.5 Å². The van der Waals surface area contributed by atoms with Gasteiger partial charge in [-0.15, -0.1) is 0 Å². The number of nitro benzene ring substituents is 1. The number of anilines is 1. The van der Waals surface area contributed by atoms with Crippen molar-refractivity contribution in [1.82, 2.24) is 0 Å². The maximum atomic E-state index is 11.1. The number of carbonyl (C=O) groups excluding carboxylic acids is 1. The van der Waals surface area contributed by atoms with Crippen molar-refractivity contribution in [2.24, 2.45) is 11.7 Å². The third kappa shape index (κ3) is 5.06. The minimum Gasteiger partial charge on any atom is -0.379 e. The third-order valence-corrected chi connectivity index (χ3v) is 3.60. The molecule has 21 heavy (non-hydrogen) atoms. The molecule has 0 fully saturated rings. The van der Waals surface area contributed by atoms with E-state index in [2.05, 4.69) is 19.2 Å². The van der Waals surface area contributed by atoms with Gasteiger partial charge in [0.25, 0.3) is 5.69 Å². The molecular formula is C15H23N3O3. The van der Waals surface area contributed by atoms with Crippen molar-refractivity contribution in [3.8, 4) is 0 Å². The zero-order valence-electron chi connectivity index (χ0n) is 12.6. The minimum atomic E-state index is -0.668. The van der Waals surface area contributed by atoms with Crippen molar-refractivity contribution in [3.63, 3.8) is 0 Å². The number of benzene rings is 1. The number of hydrogen-bond donors (Lipinski definition) is 2. The van der Waals surface area contributed by atoms with Crippen LogP contribution in [0.15, 0.2) is 18.2 Å². The molecule has 0 saturated heterocycles. The maximum Gasteiger partial charge on any atom is 0.293 e. The molecule has 0 heterocycles. The molecular weight excluding hydrogens is 270 g/mol. The number of hydrogen-bond acceptors (Lipinski definition) is 4. The highest BCUT2D eigenvalue weighted by Gasteiger charge is 2.17. The normalized spacial score (nSPS) is 11.9. The number of amides is 1. The van der Waals surface area contributed by atoms with Crippen LogP contribution in [-0.4, -0.2) is 17.4 Å². The van der Waals surface area contributed by atoms with Gasteiger partial charge >= 0.3 is 0 Å². The van der Waals surface area contributed by atoms with E-state index in [0.717, 1.165) is 25.7 Å². The molecule has 116 valence electrons. The fraction of sp³-hybridized carbons (Fsp3) is 0.533. The minimum absolute atomic E-state index is 0.114. The van der Waals surface area contributed by atoms with Gasteiger partial charge in [0.15, 0.2) is 0 Å². The first-order valence-electron chi connectivity index (χ1n) is 7.31. The Morgan fingerprint density at radius 1 is 1.43 bits per heavy atom. The number of nitro groups is 1. The van der Waals surface area contributed by atoms with E-state index in [4.69, 9.17) is 5.73 Å². The molecule has 0 spiro atoms. The second kappa shape index (κ2) is 8.24. The van der Waals surface area contributed by atoms with Gasteiger partial charge in [-0.25, -0.2) is 0 Å². The van der Waals surface area contributed by atoms with E-state index in [1.165, 1.54) is 12.1 Å². The van der Waals surface area contributed by atoms with Gasteiger partial charge in [-0.3, -0.25) is 14.9 Å². The topological polar surface area (TPSA) is 98.3 Å². The Morgan fingerprint density at radius 2 is 2.14 bits per heavy atom. The summed E-state index contributed by atoms with van der Waals surface area (Å²) < 4.78 is 0. The van der Waals surface area contributed by atoms with Crippen LogP contribution in [0.25, 0.3) is 0 Å². The molecule has 0 radical (unpaired) electrons. The summed E-state index contributed by atoms with van der Waals surface area (Å²) in [6.07, 6.45) is 4.43. The average molecular weight is 293 g/mol. The van der Waals surface area contributed by atoms with Crippen LogP contribution in [0.1, 0.15) is 49.9 Å².